The van der Waals surface area contributed by atoms with Crippen LogP contribution < -0.4 is 4.74 Å². The second-order valence-electron chi connectivity index (χ2n) is 8.96. The third-order valence-electron chi connectivity index (χ3n) is 6.48. The van der Waals surface area contributed by atoms with Crippen LogP contribution in [0.4, 0.5) is 0 Å². The van der Waals surface area contributed by atoms with Crippen molar-refractivity contribution in [3.63, 3.8) is 0 Å². The van der Waals surface area contributed by atoms with Crippen molar-refractivity contribution in [2.24, 2.45) is 0 Å². The number of carbonyl (C=O) groups excluding carboxylic acids is 2. The van der Waals surface area contributed by atoms with E-state index in [2.05, 4.69) is 6.07 Å². The quantitative estimate of drug-likeness (QED) is 0.220. The molecule has 7 nitrogen and oxygen atoms in total. The molecule has 0 saturated heterocycles. The van der Waals surface area contributed by atoms with Crippen molar-refractivity contribution in [3.8, 4) is 28.7 Å². The molecule has 3 aromatic carbocycles. The number of amides is 1. The Morgan fingerprint density at radius 3 is 2.31 bits per heavy atom. The lowest BCUT2D eigenvalue weighted by Gasteiger charge is -2.20. The minimum Gasteiger partial charge on any atom is -0.455 e. The van der Waals surface area contributed by atoms with Crippen molar-refractivity contribution in [3.05, 3.63) is 89.6 Å². The summed E-state index contributed by atoms with van der Waals surface area (Å²) in [6.45, 7) is 6.51. The average Bonchev–Trinajstić information content (AvgIpc) is 2.97. The molecule has 0 unspecified atom stereocenters. The number of likely N-dealkylation sites (N-methyl/N-ethyl adjacent to an activating group) is 1. The fourth-order valence-electron chi connectivity index (χ4n) is 4.48. The maximum Gasteiger partial charge on any atom is 0.343 e. The molecule has 1 amide bonds. The Morgan fingerprint density at radius 1 is 0.923 bits per heavy atom. The number of benzene rings is 3. The molecule has 0 aliphatic rings. The second kappa shape index (κ2) is 12.7. The maximum absolute atomic E-state index is 13.5. The van der Waals surface area contributed by atoms with Crippen molar-refractivity contribution in [2.75, 3.05) is 19.7 Å². The van der Waals surface area contributed by atoms with Crippen molar-refractivity contribution in [2.45, 2.75) is 33.6 Å². The van der Waals surface area contributed by atoms with Gasteiger partial charge in [0.15, 0.2) is 12.4 Å². The van der Waals surface area contributed by atoms with Crippen LogP contribution in [-0.4, -0.2) is 41.5 Å². The fraction of sp³-hybridized carbons (Fsp3) is 0.250. The Hall–Kier alpha value is -4.70. The summed E-state index contributed by atoms with van der Waals surface area (Å²) < 4.78 is 11.9. The zero-order valence-electron chi connectivity index (χ0n) is 22.4. The molecule has 39 heavy (non-hydrogen) atoms. The highest BCUT2D eigenvalue weighted by Gasteiger charge is 2.25. The number of esters is 1. The number of ether oxygens (including phenoxy) is 2. The van der Waals surface area contributed by atoms with E-state index in [-0.39, 0.29) is 18.1 Å². The Balaban J connectivity index is 1.73. The molecule has 198 valence electrons. The molecule has 4 aromatic rings. The minimum atomic E-state index is -0.638. The summed E-state index contributed by atoms with van der Waals surface area (Å²) >= 11 is 0. The summed E-state index contributed by atoms with van der Waals surface area (Å²) in [6, 6.07) is 24.3. The topological polar surface area (TPSA) is 92.5 Å². The molecule has 0 radical (unpaired) electrons. The smallest absolute Gasteiger partial charge is 0.343 e. The van der Waals surface area contributed by atoms with Gasteiger partial charge >= 0.3 is 5.97 Å². The predicted octanol–water partition coefficient (Wildman–Crippen LogP) is 6.54. The van der Waals surface area contributed by atoms with Crippen LogP contribution in [0.25, 0.3) is 22.0 Å². The van der Waals surface area contributed by atoms with E-state index in [1.807, 2.05) is 69.3 Å². The van der Waals surface area contributed by atoms with Gasteiger partial charge in [0.2, 0.25) is 0 Å². The highest BCUT2D eigenvalue weighted by Crippen LogP contribution is 2.36. The number of rotatable bonds is 10. The molecule has 0 N–H and O–H groups in total. The van der Waals surface area contributed by atoms with Gasteiger partial charge in [0.05, 0.1) is 22.8 Å². The van der Waals surface area contributed by atoms with Crippen LogP contribution in [0.2, 0.25) is 0 Å². The normalized spacial score (nSPS) is 10.6. The molecule has 1 heterocycles. The van der Waals surface area contributed by atoms with Gasteiger partial charge in [0.1, 0.15) is 11.3 Å². The first-order chi connectivity index (χ1) is 19.0. The first kappa shape index (κ1) is 27.3. The van der Waals surface area contributed by atoms with E-state index in [1.54, 1.807) is 29.2 Å². The van der Waals surface area contributed by atoms with Crippen molar-refractivity contribution >= 4 is 22.8 Å². The Kier molecular flexibility index (Phi) is 8.90. The molecule has 0 bridgehead atoms. The number of carbonyl (C=O) groups is 2. The van der Waals surface area contributed by atoms with Gasteiger partial charge < -0.3 is 14.4 Å². The van der Waals surface area contributed by atoms with Crippen LogP contribution in [0.3, 0.4) is 0 Å². The number of aryl methyl sites for hydroxylation is 1. The third kappa shape index (κ3) is 6.07. The molecule has 0 aliphatic heterocycles. The van der Waals surface area contributed by atoms with Gasteiger partial charge in [-0.15, -0.1) is 0 Å². The zero-order valence-corrected chi connectivity index (χ0v) is 22.4. The third-order valence-corrected chi connectivity index (χ3v) is 6.48. The molecule has 0 aliphatic carbocycles. The van der Waals surface area contributed by atoms with Gasteiger partial charge in [-0.25, -0.2) is 9.78 Å². The number of para-hydroxylation sites is 1. The number of nitriles is 1. The Labute approximate surface area is 228 Å². The maximum atomic E-state index is 13.5. The number of hydrogen-bond acceptors (Lipinski definition) is 6. The Morgan fingerprint density at radius 2 is 1.62 bits per heavy atom. The van der Waals surface area contributed by atoms with Gasteiger partial charge in [-0.2, -0.15) is 5.26 Å². The SMILES string of the molecule is CCCc1nc2ccccc2c(C(=O)OCC(=O)N(CC)CC)c1Oc1ccc(-c2ccccc2C#N)cc1. The average molecular weight is 522 g/mol. The lowest BCUT2D eigenvalue weighted by atomic mass is 10.0. The van der Waals surface area contributed by atoms with Crippen LogP contribution in [0.5, 0.6) is 11.5 Å². The minimum absolute atomic E-state index is 0.246. The molecule has 0 spiro atoms. The summed E-state index contributed by atoms with van der Waals surface area (Å²) in [5.74, 6) is -0.0610. The number of hydrogen-bond donors (Lipinski definition) is 0. The van der Waals surface area contributed by atoms with Crippen LogP contribution in [0.15, 0.2) is 72.8 Å². The number of fused-ring (bicyclic) bond motifs is 1. The van der Waals surface area contributed by atoms with Gasteiger partial charge in [-0.05, 0) is 55.7 Å². The Bertz CT molecular complexity index is 1520. The first-order valence-electron chi connectivity index (χ1n) is 13.1. The van der Waals surface area contributed by atoms with E-state index >= 15 is 0 Å². The zero-order chi connectivity index (χ0) is 27.8. The van der Waals surface area contributed by atoms with E-state index < -0.39 is 5.97 Å². The van der Waals surface area contributed by atoms with Crippen LogP contribution >= 0.6 is 0 Å². The van der Waals surface area contributed by atoms with Crippen LogP contribution in [0, 0.1) is 11.3 Å². The highest BCUT2D eigenvalue weighted by atomic mass is 16.5. The predicted molar refractivity (Wildman–Crippen MR) is 151 cm³/mol. The molecule has 0 fully saturated rings. The molecular formula is C32H31N3O4. The summed E-state index contributed by atoms with van der Waals surface area (Å²) in [6.07, 6.45) is 1.38. The lowest BCUT2D eigenvalue weighted by Crippen LogP contribution is -2.34. The summed E-state index contributed by atoms with van der Waals surface area (Å²) in [5, 5.41) is 10.1. The second-order valence-corrected chi connectivity index (χ2v) is 8.96. The van der Waals surface area contributed by atoms with Crippen molar-refractivity contribution in [1.82, 2.24) is 9.88 Å². The van der Waals surface area contributed by atoms with Gasteiger partial charge in [-0.3, -0.25) is 4.79 Å². The van der Waals surface area contributed by atoms with E-state index in [1.165, 1.54) is 0 Å². The van der Waals surface area contributed by atoms with E-state index in [4.69, 9.17) is 14.5 Å². The molecule has 4 rings (SSSR count). The van der Waals surface area contributed by atoms with Gasteiger partial charge in [0, 0.05) is 18.5 Å². The van der Waals surface area contributed by atoms with Gasteiger partial charge in [0.25, 0.3) is 5.91 Å². The lowest BCUT2D eigenvalue weighted by molar-refractivity contribution is -0.134. The standard InChI is InChI=1S/C32H31N3O4/c1-4-11-28-31(39-24-18-16-22(17-19-24)25-13-8-7-12-23(25)20-33)30(26-14-9-10-15-27(26)34-28)32(37)38-21-29(36)35(5-2)6-3/h7-10,12-19H,4-6,11,21H2,1-3H3. The van der Waals surface area contributed by atoms with Crippen LogP contribution in [0.1, 0.15) is 48.8 Å². The van der Waals surface area contributed by atoms with Crippen LogP contribution in [-0.2, 0) is 16.0 Å². The van der Waals surface area contributed by atoms with E-state index in [0.717, 1.165) is 17.5 Å². The van der Waals surface area contributed by atoms with E-state index in [0.29, 0.717) is 53.2 Å². The fourth-order valence-corrected chi connectivity index (χ4v) is 4.48. The molecule has 0 saturated carbocycles. The van der Waals surface area contributed by atoms with Crippen molar-refractivity contribution < 1.29 is 19.1 Å². The molecule has 0 atom stereocenters. The summed E-state index contributed by atoms with van der Waals surface area (Å²) in [4.78, 5) is 32.5. The van der Waals surface area contributed by atoms with Gasteiger partial charge in [-0.1, -0.05) is 61.9 Å². The van der Waals surface area contributed by atoms with E-state index in [9.17, 15) is 14.9 Å². The number of pyridine rings is 1. The van der Waals surface area contributed by atoms with Crippen molar-refractivity contribution in [1.29, 1.82) is 5.26 Å². The molecule has 1 aromatic heterocycles. The first-order valence-corrected chi connectivity index (χ1v) is 13.1. The summed E-state index contributed by atoms with van der Waals surface area (Å²) in [5.41, 5.74) is 3.82. The molecule has 7 heteroatoms. The summed E-state index contributed by atoms with van der Waals surface area (Å²) in [7, 11) is 0. The molecular weight excluding hydrogens is 490 g/mol. The number of nitrogens with zero attached hydrogens (tertiary/aromatic N) is 3. The monoisotopic (exact) mass is 521 g/mol. The highest BCUT2D eigenvalue weighted by molar-refractivity contribution is 6.07. The number of aromatic nitrogens is 1. The largest absolute Gasteiger partial charge is 0.455 e.